The SMILES string of the molecule is Cl.Fc1cccc(C(CNC2CCCC2)N2CCOCC2)c1. The van der Waals surface area contributed by atoms with Gasteiger partial charge in [-0.3, -0.25) is 4.90 Å². The number of rotatable bonds is 5. The zero-order valence-corrected chi connectivity index (χ0v) is 13.8. The smallest absolute Gasteiger partial charge is 0.123 e. The molecule has 1 aliphatic carbocycles. The minimum atomic E-state index is -0.147. The molecule has 22 heavy (non-hydrogen) atoms. The van der Waals surface area contributed by atoms with Gasteiger partial charge in [0.15, 0.2) is 0 Å². The maximum absolute atomic E-state index is 13.6. The van der Waals surface area contributed by atoms with Crippen molar-refractivity contribution in [2.75, 3.05) is 32.8 Å². The fourth-order valence-corrected chi connectivity index (χ4v) is 3.47. The van der Waals surface area contributed by atoms with Gasteiger partial charge in [0.1, 0.15) is 5.82 Å². The zero-order chi connectivity index (χ0) is 14.5. The van der Waals surface area contributed by atoms with Gasteiger partial charge in [-0.1, -0.05) is 25.0 Å². The van der Waals surface area contributed by atoms with Crippen LogP contribution >= 0.6 is 12.4 Å². The van der Waals surface area contributed by atoms with Crippen molar-refractivity contribution in [3.05, 3.63) is 35.6 Å². The topological polar surface area (TPSA) is 24.5 Å². The van der Waals surface area contributed by atoms with Gasteiger partial charge in [0.05, 0.1) is 13.2 Å². The number of hydrogen-bond donors (Lipinski definition) is 1. The van der Waals surface area contributed by atoms with E-state index >= 15 is 0 Å². The molecule has 1 atom stereocenters. The highest BCUT2D eigenvalue weighted by atomic mass is 35.5. The van der Waals surface area contributed by atoms with E-state index in [1.807, 2.05) is 12.1 Å². The molecule has 3 rings (SSSR count). The molecule has 0 bridgehead atoms. The van der Waals surface area contributed by atoms with E-state index in [0.29, 0.717) is 6.04 Å². The van der Waals surface area contributed by atoms with E-state index in [9.17, 15) is 4.39 Å². The molecule has 0 amide bonds. The Labute approximate surface area is 138 Å². The monoisotopic (exact) mass is 328 g/mol. The third-order valence-corrected chi connectivity index (χ3v) is 4.67. The standard InChI is InChI=1S/C17H25FN2O.ClH/c18-15-5-3-4-14(12-15)17(20-8-10-21-11-9-20)13-19-16-6-1-2-7-16;/h3-5,12,16-17,19H,1-2,6-11,13H2;1H. The van der Waals surface area contributed by atoms with Gasteiger partial charge in [-0.15, -0.1) is 12.4 Å². The first-order valence-electron chi connectivity index (χ1n) is 8.13. The van der Waals surface area contributed by atoms with Crippen LogP contribution in [0.15, 0.2) is 24.3 Å². The predicted molar refractivity (Wildman–Crippen MR) is 89.0 cm³/mol. The van der Waals surface area contributed by atoms with E-state index in [2.05, 4.69) is 10.2 Å². The van der Waals surface area contributed by atoms with Gasteiger partial charge < -0.3 is 10.1 Å². The van der Waals surface area contributed by atoms with E-state index < -0.39 is 0 Å². The number of ether oxygens (including phenoxy) is 1. The first-order chi connectivity index (χ1) is 10.3. The van der Waals surface area contributed by atoms with Crippen LogP contribution in [0, 0.1) is 5.82 Å². The second-order valence-electron chi connectivity index (χ2n) is 6.11. The lowest BCUT2D eigenvalue weighted by molar-refractivity contribution is 0.0156. The lowest BCUT2D eigenvalue weighted by atomic mass is 10.0. The maximum atomic E-state index is 13.6. The molecule has 1 aliphatic heterocycles. The highest BCUT2D eigenvalue weighted by Crippen LogP contribution is 2.24. The van der Waals surface area contributed by atoms with Gasteiger partial charge in [-0.05, 0) is 30.5 Å². The van der Waals surface area contributed by atoms with Crippen molar-refractivity contribution in [1.82, 2.24) is 10.2 Å². The summed E-state index contributed by atoms with van der Waals surface area (Å²) in [7, 11) is 0. The summed E-state index contributed by atoms with van der Waals surface area (Å²) in [5.74, 6) is -0.147. The van der Waals surface area contributed by atoms with E-state index in [1.165, 1.54) is 31.7 Å². The fourth-order valence-electron chi connectivity index (χ4n) is 3.47. The molecule has 0 spiro atoms. The molecule has 3 nitrogen and oxygen atoms in total. The van der Waals surface area contributed by atoms with E-state index in [1.54, 1.807) is 6.07 Å². The molecule has 1 aromatic carbocycles. The molecular formula is C17H26ClFN2O. The highest BCUT2D eigenvalue weighted by molar-refractivity contribution is 5.85. The molecule has 1 N–H and O–H groups in total. The molecular weight excluding hydrogens is 303 g/mol. The molecule has 1 aromatic rings. The van der Waals surface area contributed by atoms with Gasteiger partial charge >= 0.3 is 0 Å². The lowest BCUT2D eigenvalue weighted by Crippen LogP contribution is -2.44. The van der Waals surface area contributed by atoms with Crippen LogP contribution in [0.4, 0.5) is 4.39 Å². The van der Waals surface area contributed by atoms with Crippen LogP contribution in [-0.4, -0.2) is 43.8 Å². The molecule has 1 saturated heterocycles. The van der Waals surface area contributed by atoms with Crippen LogP contribution in [0.1, 0.15) is 37.3 Å². The van der Waals surface area contributed by atoms with Crippen LogP contribution in [0.5, 0.6) is 0 Å². The molecule has 5 heteroatoms. The first-order valence-corrected chi connectivity index (χ1v) is 8.13. The Hall–Kier alpha value is -0.680. The lowest BCUT2D eigenvalue weighted by Gasteiger charge is -2.35. The van der Waals surface area contributed by atoms with Crippen molar-refractivity contribution in [1.29, 1.82) is 0 Å². The summed E-state index contributed by atoms with van der Waals surface area (Å²) in [5, 5.41) is 3.69. The summed E-state index contributed by atoms with van der Waals surface area (Å²) in [4.78, 5) is 2.42. The van der Waals surface area contributed by atoms with Crippen LogP contribution in [0.2, 0.25) is 0 Å². The van der Waals surface area contributed by atoms with E-state index in [0.717, 1.165) is 38.4 Å². The number of benzene rings is 1. The molecule has 2 fully saturated rings. The Morgan fingerprint density at radius 3 is 2.64 bits per heavy atom. The van der Waals surface area contributed by atoms with Gasteiger partial charge in [-0.2, -0.15) is 0 Å². The third-order valence-electron chi connectivity index (χ3n) is 4.67. The average molecular weight is 329 g/mol. The molecule has 1 heterocycles. The number of nitrogens with zero attached hydrogens (tertiary/aromatic N) is 1. The number of nitrogens with one attached hydrogen (secondary N) is 1. The minimum Gasteiger partial charge on any atom is -0.379 e. The van der Waals surface area contributed by atoms with Gasteiger partial charge in [0.2, 0.25) is 0 Å². The second kappa shape index (κ2) is 8.82. The average Bonchev–Trinajstić information content (AvgIpc) is 3.02. The van der Waals surface area contributed by atoms with Crippen molar-refractivity contribution in [2.24, 2.45) is 0 Å². The molecule has 2 aliphatic rings. The summed E-state index contributed by atoms with van der Waals surface area (Å²) >= 11 is 0. The molecule has 124 valence electrons. The number of halogens is 2. The maximum Gasteiger partial charge on any atom is 0.123 e. The summed E-state index contributed by atoms with van der Waals surface area (Å²) in [6.45, 7) is 4.29. The van der Waals surface area contributed by atoms with Crippen molar-refractivity contribution in [3.63, 3.8) is 0 Å². The Balaban J connectivity index is 0.00000176. The van der Waals surface area contributed by atoms with Crippen molar-refractivity contribution in [2.45, 2.75) is 37.8 Å². The largest absolute Gasteiger partial charge is 0.379 e. The predicted octanol–water partition coefficient (Wildman–Crippen LogP) is 3.15. The Morgan fingerprint density at radius 1 is 1.23 bits per heavy atom. The number of morpholine rings is 1. The van der Waals surface area contributed by atoms with Crippen LogP contribution in [0.3, 0.4) is 0 Å². The van der Waals surface area contributed by atoms with E-state index in [-0.39, 0.29) is 24.3 Å². The van der Waals surface area contributed by atoms with Gasteiger partial charge in [0, 0.05) is 31.7 Å². The Kier molecular flexibility index (Phi) is 7.09. The zero-order valence-electron chi connectivity index (χ0n) is 13.0. The molecule has 0 aromatic heterocycles. The number of hydrogen-bond acceptors (Lipinski definition) is 3. The summed E-state index contributed by atoms with van der Waals surface area (Å²) in [5.41, 5.74) is 1.07. The summed E-state index contributed by atoms with van der Waals surface area (Å²) in [6, 6.07) is 7.93. The van der Waals surface area contributed by atoms with Gasteiger partial charge in [0.25, 0.3) is 0 Å². The van der Waals surface area contributed by atoms with Crippen molar-refractivity contribution >= 4 is 12.4 Å². The van der Waals surface area contributed by atoms with E-state index in [4.69, 9.17) is 4.74 Å². The van der Waals surface area contributed by atoms with Crippen molar-refractivity contribution < 1.29 is 9.13 Å². The molecule has 0 radical (unpaired) electrons. The minimum absolute atomic E-state index is 0. The Bertz CT molecular complexity index is 448. The second-order valence-corrected chi connectivity index (χ2v) is 6.11. The van der Waals surface area contributed by atoms with Crippen LogP contribution in [0.25, 0.3) is 0 Å². The fraction of sp³-hybridized carbons (Fsp3) is 0.647. The Morgan fingerprint density at radius 2 is 1.95 bits per heavy atom. The summed E-state index contributed by atoms with van der Waals surface area (Å²) < 4.78 is 19.0. The third kappa shape index (κ3) is 4.66. The van der Waals surface area contributed by atoms with Crippen LogP contribution < -0.4 is 5.32 Å². The quantitative estimate of drug-likeness (QED) is 0.898. The normalized spacial score (nSPS) is 21.5. The van der Waals surface area contributed by atoms with Crippen molar-refractivity contribution in [3.8, 4) is 0 Å². The molecule has 1 saturated carbocycles. The van der Waals surface area contributed by atoms with Crippen LogP contribution in [-0.2, 0) is 4.74 Å². The highest BCUT2D eigenvalue weighted by Gasteiger charge is 2.24. The first kappa shape index (κ1) is 17.7. The van der Waals surface area contributed by atoms with Gasteiger partial charge in [-0.25, -0.2) is 4.39 Å². The molecule has 1 unspecified atom stereocenters. The summed E-state index contributed by atoms with van der Waals surface area (Å²) in [6.07, 6.45) is 5.22.